The van der Waals surface area contributed by atoms with Crippen molar-refractivity contribution in [2.45, 2.75) is 45.2 Å². The van der Waals surface area contributed by atoms with Crippen LogP contribution in [0.2, 0.25) is 0 Å². The number of nitrogens with two attached hydrogens (primary N) is 1. The molecule has 1 fully saturated rings. The van der Waals surface area contributed by atoms with Crippen molar-refractivity contribution in [1.29, 1.82) is 0 Å². The van der Waals surface area contributed by atoms with Crippen molar-refractivity contribution < 1.29 is 0 Å². The second-order valence-corrected chi connectivity index (χ2v) is 8.07. The lowest BCUT2D eigenvalue weighted by Gasteiger charge is -2.24. The molecule has 144 valence electrons. The SMILES string of the molecule is Cc1nc2c(-c3cc4ccc(CN(C)C5CCCC5)cc4[nH]3)cc(N)nc2[nH]1. The molecular formula is C22H26N6. The highest BCUT2D eigenvalue weighted by molar-refractivity contribution is 5.95. The topological polar surface area (TPSA) is 86.6 Å². The molecule has 0 spiro atoms. The highest BCUT2D eigenvalue weighted by atomic mass is 15.1. The normalized spacial score (nSPS) is 15.4. The highest BCUT2D eigenvalue weighted by Crippen LogP contribution is 2.31. The molecule has 4 N–H and O–H groups in total. The van der Waals surface area contributed by atoms with Gasteiger partial charge in [-0.05, 0) is 50.6 Å². The summed E-state index contributed by atoms with van der Waals surface area (Å²) in [5.41, 5.74) is 12.1. The molecule has 4 aromatic rings. The lowest BCUT2D eigenvalue weighted by Crippen LogP contribution is -2.28. The van der Waals surface area contributed by atoms with Crippen LogP contribution in [-0.2, 0) is 6.54 Å². The average molecular weight is 374 g/mol. The quantitative estimate of drug-likeness (QED) is 0.495. The monoisotopic (exact) mass is 374 g/mol. The number of nitrogen functional groups attached to an aromatic ring is 1. The van der Waals surface area contributed by atoms with E-state index in [1.54, 1.807) is 0 Å². The number of fused-ring (bicyclic) bond motifs is 2. The number of aromatic amines is 2. The second kappa shape index (κ2) is 6.63. The van der Waals surface area contributed by atoms with Crippen molar-refractivity contribution >= 4 is 27.9 Å². The van der Waals surface area contributed by atoms with Crippen molar-refractivity contribution in [2.24, 2.45) is 0 Å². The van der Waals surface area contributed by atoms with Crippen LogP contribution in [0.15, 0.2) is 30.3 Å². The number of nitrogens with zero attached hydrogens (tertiary/aromatic N) is 3. The van der Waals surface area contributed by atoms with Crippen LogP contribution in [0, 0.1) is 6.92 Å². The average Bonchev–Trinajstić information content (AvgIpc) is 3.39. The zero-order valence-electron chi connectivity index (χ0n) is 16.4. The minimum atomic E-state index is 0.490. The molecule has 0 bridgehead atoms. The van der Waals surface area contributed by atoms with Gasteiger partial charge in [0.15, 0.2) is 5.65 Å². The van der Waals surface area contributed by atoms with E-state index in [-0.39, 0.29) is 0 Å². The number of benzene rings is 1. The van der Waals surface area contributed by atoms with Crippen molar-refractivity contribution in [3.05, 3.63) is 41.7 Å². The van der Waals surface area contributed by atoms with Gasteiger partial charge in [-0.15, -0.1) is 0 Å². The molecule has 0 saturated heterocycles. The smallest absolute Gasteiger partial charge is 0.160 e. The van der Waals surface area contributed by atoms with Crippen LogP contribution >= 0.6 is 0 Å². The molecule has 28 heavy (non-hydrogen) atoms. The fourth-order valence-corrected chi connectivity index (χ4v) is 4.51. The predicted octanol–water partition coefficient (Wildman–Crippen LogP) is 4.37. The summed E-state index contributed by atoms with van der Waals surface area (Å²) < 4.78 is 0. The van der Waals surface area contributed by atoms with Gasteiger partial charge in [0.05, 0.1) is 0 Å². The summed E-state index contributed by atoms with van der Waals surface area (Å²) >= 11 is 0. The molecule has 6 heteroatoms. The van der Waals surface area contributed by atoms with Gasteiger partial charge in [0.2, 0.25) is 0 Å². The minimum absolute atomic E-state index is 0.490. The lowest BCUT2D eigenvalue weighted by atomic mass is 10.1. The van der Waals surface area contributed by atoms with Crippen LogP contribution in [0.25, 0.3) is 33.3 Å². The molecule has 1 aliphatic rings. The van der Waals surface area contributed by atoms with E-state index >= 15 is 0 Å². The molecule has 1 saturated carbocycles. The Kier molecular flexibility index (Phi) is 4.09. The van der Waals surface area contributed by atoms with Gasteiger partial charge in [0.25, 0.3) is 0 Å². The number of hydrogen-bond donors (Lipinski definition) is 3. The van der Waals surface area contributed by atoms with Gasteiger partial charge < -0.3 is 15.7 Å². The molecule has 0 unspecified atom stereocenters. The van der Waals surface area contributed by atoms with Crippen LogP contribution < -0.4 is 5.73 Å². The zero-order chi connectivity index (χ0) is 19.3. The third-order valence-corrected chi connectivity index (χ3v) is 5.95. The minimum Gasteiger partial charge on any atom is -0.384 e. The fraction of sp³-hybridized carbons (Fsp3) is 0.364. The highest BCUT2D eigenvalue weighted by Gasteiger charge is 2.19. The van der Waals surface area contributed by atoms with Gasteiger partial charge in [-0.2, -0.15) is 0 Å². The first-order valence-corrected chi connectivity index (χ1v) is 10.0. The summed E-state index contributed by atoms with van der Waals surface area (Å²) in [7, 11) is 2.25. The third kappa shape index (κ3) is 3.03. The van der Waals surface area contributed by atoms with E-state index in [0.717, 1.165) is 46.3 Å². The summed E-state index contributed by atoms with van der Waals surface area (Å²) in [6, 6.07) is 11.5. The number of pyridine rings is 1. The molecule has 0 amide bonds. The molecule has 1 aromatic carbocycles. The Bertz CT molecular complexity index is 1150. The predicted molar refractivity (Wildman–Crippen MR) is 114 cm³/mol. The standard InChI is InChI=1S/C22H26N6/c1-13-24-21-17(11-20(23)27-22(21)25-13)19-10-15-8-7-14(9-18(15)26-19)12-28(2)16-5-3-4-6-16/h7-11,16,26H,3-6,12H2,1-2H3,(H3,23,24,25,27). The van der Waals surface area contributed by atoms with Gasteiger partial charge in [-0.1, -0.05) is 25.0 Å². The second-order valence-electron chi connectivity index (χ2n) is 8.07. The van der Waals surface area contributed by atoms with Crippen molar-refractivity contribution in [3.8, 4) is 11.3 Å². The largest absolute Gasteiger partial charge is 0.384 e. The number of nitrogens with one attached hydrogen (secondary N) is 2. The number of imidazole rings is 1. The molecule has 3 heterocycles. The first-order chi connectivity index (χ1) is 13.6. The van der Waals surface area contributed by atoms with Gasteiger partial charge in [-0.25, -0.2) is 9.97 Å². The molecule has 5 rings (SSSR count). The molecule has 0 aliphatic heterocycles. The summed E-state index contributed by atoms with van der Waals surface area (Å²) in [6.07, 6.45) is 5.39. The van der Waals surface area contributed by atoms with Gasteiger partial charge in [-0.3, -0.25) is 4.90 Å². The van der Waals surface area contributed by atoms with Crippen LogP contribution in [0.4, 0.5) is 5.82 Å². The lowest BCUT2D eigenvalue weighted by molar-refractivity contribution is 0.237. The van der Waals surface area contributed by atoms with E-state index in [0.29, 0.717) is 5.82 Å². The van der Waals surface area contributed by atoms with E-state index in [2.05, 4.69) is 56.1 Å². The van der Waals surface area contributed by atoms with Crippen molar-refractivity contribution in [1.82, 2.24) is 24.8 Å². The summed E-state index contributed by atoms with van der Waals surface area (Å²) in [5, 5.41) is 1.19. The Morgan fingerprint density at radius 2 is 1.93 bits per heavy atom. The molecule has 3 aromatic heterocycles. The maximum atomic E-state index is 6.03. The van der Waals surface area contributed by atoms with E-state index in [1.807, 2.05) is 13.0 Å². The van der Waals surface area contributed by atoms with Crippen LogP contribution in [0.1, 0.15) is 37.1 Å². The summed E-state index contributed by atoms with van der Waals surface area (Å²) in [4.78, 5) is 18.2. The first kappa shape index (κ1) is 17.3. The maximum absolute atomic E-state index is 6.03. The molecule has 1 aliphatic carbocycles. The Morgan fingerprint density at radius 1 is 1.11 bits per heavy atom. The Hall–Kier alpha value is -2.86. The third-order valence-electron chi connectivity index (χ3n) is 5.95. The number of rotatable bonds is 4. The van der Waals surface area contributed by atoms with Crippen LogP contribution in [0.5, 0.6) is 0 Å². The first-order valence-electron chi connectivity index (χ1n) is 10.0. The maximum Gasteiger partial charge on any atom is 0.160 e. The number of aryl methyl sites for hydroxylation is 1. The van der Waals surface area contributed by atoms with Crippen molar-refractivity contribution in [3.63, 3.8) is 0 Å². The van der Waals surface area contributed by atoms with E-state index in [4.69, 9.17) is 5.73 Å². The van der Waals surface area contributed by atoms with Gasteiger partial charge >= 0.3 is 0 Å². The Labute approximate surface area is 164 Å². The Morgan fingerprint density at radius 3 is 2.75 bits per heavy atom. The van der Waals surface area contributed by atoms with E-state index in [9.17, 15) is 0 Å². The van der Waals surface area contributed by atoms with Crippen LogP contribution in [0.3, 0.4) is 0 Å². The van der Waals surface area contributed by atoms with Gasteiger partial charge in [0.1, 0.15) is 17.2 Å². The fourth-order valence-electron chi connectivity index (χ4n) is 4.51. The van der Waals surface area contributed by atoms with Crippen molar-refractivity contribution in [2.75, 3.05) is 12.8 Å². The number of aromatic nitrogens is 4. The molecule has 6 nitrogen and oxygen atoms in total. The number of hydrogen-bond acceptors (Lipinski definition) is 4. The number of anilines is 1. The number of H-pyrrole nitrogens is 2. The van der Waals surface area contributed by atoms with E-state index < -0.39 is 0 Å². The Balaban J connectivity index is 1.50. The molecule has 0 atom stereocenters. The van der Waals surface area contributed by atoms with Crippen LogP contribution in [-0.4, -0.2) is 37.9 Å². The molecular weight excluding hydrogens is 348 g/mol. The van der Waals surface area contributed by atoms with E-state index in [1.165, 1.54) is 36.6 Å². The molecule has 0 radical (unpaired) electrons. The summed E-state index contributed by atoms with van der Waals surface area (Å²) in [5.74, 6) is 1.33. The summed E-state index contributed by atoms with van der Waals surface area (Å²) in [6.45, 7) is 2.92. The zero-order valence-corrected chi connectivity index (χ0v) is 16.4. The van der Waals surface area contributed by atoms with Gasteiger partial charge in [0, 0.05) is 34.7 Å².